The number of anilines is 1. The zero-order valence-electron chi connectivity index (χ0n) is 20.1. The fourth-order valence-electron chi connectivity index (χ4n) is 4.15. The molecule has 182 valence electrons. The number of aromatic hydroxyl groups is 1. The van der Waals surface area contributed by atoms with Gasteiger partial charge in [-0.3, -0.25) is 9.69 Å². The summed E-state index contributed by atoms with van der Waals surface area (Å²) in [6.45, 7) is 3.69. The van der Waals surface area contributed by atoms with Gasteiger partial charge in [-0.2, -0.15) is 0 Å². The Balaban J connectivity index is 1.32. The zero-order valence-corrected chi connectivity index (χ0v) is 20.1. The smallest absolute Gasteiger partial charge is 0.248 e. The van der Waals surface area contributed by atoms with E-state index >= 15 is 0 Å². The Labute approximate surface area is 206 Å². The number of ether oxygens (including phenoxy) is 2. The van der Waals surface area contributed by atoms with Crippen LogP contribution in [0.15, 0.2) is 72.8 Å². The van der Waals surface area contributed by atoms with Crippen LogP contribution in [0.4, 0.5) is 5.69 Å². The third kappa shape index (κ3) is 7.11. The number of hydrogen-bond acceptors (Lipinski definition) is 5. The maximum Gasteiger partial charge on any atom is 0.248 e. The minimum absolute atomic E-state index is 0.0251. The molecule has 0 bridgehead atoms. The lowest BCUT2D eigenvalue weighted by Gasteiger charge is -2.26. The number of carbonyl (C=O) groups is 1. The summed E-state index contributed by atoms with van der Waals surface area (Å²) in [4.78, 5) is 15.0. The first-order chi connectivity index (χ1) is 17.1. The maximum absolute atomic E-state index is 12.5. The predicted molar refractivity (Wildman–Crippen MR) is 139 cm³/mol. The summed E-state index contributed by atoms with van der Waals surface area (Å²) in [6, 6.07) is 20.8. The predicted octanol–water partition coefficient (Wildman–Crippen LogP) is 5.62. The molecule has 1 amide bonds. The van der Waals surface area contributed by atoms with Crippen molar-refractivity contribution in [3.63, 3.8) is 0 Å². The Hall–Kier alpha value is -3.77. The number of para-hydroxylation sites is 1. The Morgan fingerprint density at radius 1 is 1.03 bits per heavy atom. The number of phenols is 1. The number of nitrogens with zero attached hydrogens (tertiary/aromatic N) is 1. The van der Waals surface area contributed by atoms with E-state index in [0.717, 1.165) is 17.9 Å². The lowest BCUT2D eigenvalue weighted by atomic mass is 10.1. The first-order valence-corrected chi connectivity index (χ1v) is 12.0. The van der Waals surface area contributed by atoms with Crippen LogP contribution in [-0.4, -0.2) is 36.1 Å². The zero-order chi connectivity index (χ0) is 24.5. The standard InChI is InChI=1S/C29H32N2O4/c1-34-28-15-11-22(19-27(28)32)12-16-29(33)30-26-8-4-3-7-24(26)21-35-25-13-9-23(10-14-25)20-31-17-5-2-6-18-31/h3-4,7-16,19,32H,2,5-6,17-18,20-21H2,1H3,(H,30,33). The van der Waals surface area contributed by atoms with Crippen LogP contribution < -0.4 is 14.8 Å². The first kappa shape index (κ1) is 24.4. The number of methoxy groups -OCH3 is 1. The maximum atomic E-state index is 12.5. The largest absolute Gasteiger partial charge is 0.504 e. The highest BCUT2D eigenvalue weighted by molar-refractivity contribution is 6.02. The molecule has 1 heterocycles. The summed E-state index contributed by atoms with van der Waals surface area (Å²) in [6.07, 6.45) is 6.99. The third-order valence-electron chi connectivity index (χ3n) is 6.08. The second-order valence-electron chi connectivity index (χ2n) is 8.68. The van der Waals surface area contributed by atoms with Gasteiger partial charge in [0.25, 0.3) is 0 Å². The molecule has 35 heavy (non-hydrogen) atoms. The Morgan fingerprint density at radius 2 is 1.80 bits per heavy atom. The van der Waals surface area contributed by atoms with E-state index in [-0.39, 0.29) is 11.7 Å². The molecule has 6 nitrogen and oxygen atoms in total. The number of hydrogen-bond donors (Lipinski definition) is 2. The topological polar surface area (TPSA) is 71.0 Å². The van der Waals surface area contributed by atoms with E-state index in [1.54, 1.807) is 24.3 Å². The van der Waals surface area contributed by atoms with E-state index in [2.05, 4.69) is 22.3 Å². The number of carbonyl (C=O) groups excluding carboxylic acids is 1. The number of likely N-dealkylation sites (tertiary alicyclic amines) is 1. The summed E-state index contributed by atoms with van der Waals surface area (Å²) in [5.41, 5.74) is 3.57. The average molecular weight is 473 g/mol. The number of phenolic OH excluding ortho intramolecular Hbond substituents is 1. The van der Waals surface area contributed by atoms with Crippen LogP contribution in [0.2, 0.25) is 0 Å². The molecule has 0 aliphatic carbocycles. The van der Waals surface area contributed by atoms with Gasteiger partial charge in [-0.1, -0.05) is 42.8 Å². The second-order valence-corrected chi connectivity index (χ2v) is 8.68. The van der Waals surface area contributed by atoms with Crippen molar-refractivity contribution in [3.8, 4) is 17.2 Å². The number of benzene rings is 3. The highest BCUT2D eigenvalue weighted by Gasteiger charge is 2.11. The summed E-state index contributed by atoms with van der Waals surface area (Å²) in [7, 11) is 1.49. The molecule has 0 radical (unpaired) electrons. The monoisotopic (exact) mass is 472 g/mol. The molecule has 0 spiro atoms. The lowest BCUT2D eigenvalue weighted by molar-refractivity contribution is -0.111. The summed E-state index contributed by atoms with van der Waals surface area (Å²) in [5, 5.41) is 12.8. The van der Waals surface area contributed by atoms with Crippen molar-refractivity contribution in [1.82, 2.24) is 4.90 Å². The highest BCUT2D eigenvalue weighted by Crippen LogP contribution is 2.27. The van der Waals surface area contributed by atoms with E-state index < -0.39 is 0 Å². The molecule has 1 fully saturated rings. The Bertz CT molecular complexity index is 1150. The molecule has 3 aromatic carbocycles. The van der Waals surface area contributed by atoms with Gasteiger partial charge in [-0.15, -0.1) is 0 Å². The minimum atomic E-state index is -0.269. The van der Waals surface area contributed by atoms with Crippen molar-refractivity contribution in [2.75, 3.05) is 25.5 Å². The van der Waals surface area contributed by atoms with Gasteiger partial charge in [0.2, 0.25) is 5.91 Å². The van der Waals surface area contributed by atoms with Crippen LogP contribution in [0.3, 0.4) is 0 Å². The second kappa shape index (κ2) is 12.1. The fraction of sp³-hybridized carbons (Fsp3) is 0.276. The van der Waals surface area contributed by atoms with E-state index in [1.165, 1.54) is 51.1 Å². The Kier molecular flexibility index (Phi) is 8.41. The fourth-order valence-corrected chi connectivity index (χ4v) is 4.15. The van der Waals surface area contributed by atoms with Crippen LogP contribution in [0, 0.1) is 0 Å². The minimum Gasteiger partial charge on any atom is -0.504 e. The molecule has 1 aliphatic heterocycles. The van der Waals surface area contributed by atoms with E-state index in [4.69, 9.17) is 9.47 Å². The van der Waals surface area contributed by atoms with Gasteiger partial charge in [0.1, 0.15) is 12.4 Å². The molecular formula is C29H32N2O4. The van der Waals surface area contributed by atoms with Crippen LogP contribution in [-0.2, 0) is 17.9 Å². The summed E-state index contributed by atoms with van der Waals surface area (Å²) in [5.74, 6) is 0.941. The van der Waals surface area contributed by atoms with Gasteiger partial charge in [0.15, 0.2) is 11.5 Å². The molecule has 0 saturated carbocycles. The molecule has 2 N–H and O–H groups in total. The summed E-state index contributed by atoms with van der Waals surface area (Å²) >= 11 is 0. The van der Waals surface area contributed by atoms with Crippen molar-refractivity contribution in [2.24, 2.45) is 0 Å². The van der Waals surface area contributed by atoms with Gasteiger partial charge < -0.3 is 19.9 Å². The van der Waals surface area contributed by atoms with Crippen LogP contribution in [0.25, 0.3) is 6.08 Å². The third-order valence-corrected chi connectivity index (χ3v) is 6.08. The first-order valence-electron chi connectivity index (χ1n) is 12.0. The van der Waals surface area contributed by atoms with Gasteiger partial charge >= 0.3 is 0 Å². The van der Waals surface area contributed by atoms with Crippen molar-refractivity contribution in [3.05, 3.63) is 89.5 Å². The molecule has 1 aliphatic rings. The number of amides is 1. The van der Waals surface area contributed by atoms with E-state index in [0.29, 0.717) is 23.6 Å². The summed E-state index contributed by atoms with van der Waals surface area (Å²) < 4.78 is 11.0. The molecule has 4 rings (SSSR count). The number of nitrogens with one attached hydrogen (secondary N) is 1. The quantitative estimate of drug-likeness (QED) is 0.396. The molecule has 0 aromatic heterocycles. The Morgan fingerprint density at radius 3 is 2.54 bits per heavy atom. The van der Waals surface area contributed by atoms with Gasteiger partial charge in [0.05, 0.1) is 7.11 Å². The van der Waals surface area contributed by atoms with Crippen molar-refractivity contribution in [1.29, 1.82) is 0 Å². The van der Waals surface area contributed by atoms with Crippen LogP contribution in [0.1, 0.15) is 36.0 Å². The molecular weight excluding hydrogens is 440 g/mol. The van der Waals surface area contributed by atoms with Crippen LogP contribution in [0.5, 0.6) is 17.2 Å². The van der Waals surface area contributed by atoms with E-state index in [1.807, 2.05) is 36.4 Å². The molecule has 3 aromatic rings. The highest BCUT2D eigenvalue weighted by atomic mass is 16.5. The molecule has 0 unspecified atom stereocenters. The van der Waals surface area contributed by atoms with Gasteiger partial charge in [0, 0.05) is 23.9 Å². The molecule has 1 saturated heterocycles. The number of rotatable bonds is 9. The SMILES string of the molecule is COc1ccc(C=CC(=O)Nc2ccccc2COc2ccc(CN3CCCCC3)cc2)cc1O. The lowest BCUT2D eigenvalue weighted by Crippen LogP contribution is -2.28. The molecule has 6 heteroatoms. The molecule has 0 atom stereocenters. The van der Waals surface area contributed by atoms with Crippen molar-refractivity contribution >= 4 is 17.7 Å². The number of piperidine rings is 1. The van der Waals surface area contributed by atoms with Gasteiger partial charge in [-0.05, 0) is 73.5 Å². The van der Waals surface area contributed by atoms with Crippen LogP contribution >= 0.6 is 0 Å². The van der Waals surface area contributed by atoms with Crippen molar-refractivity contribution < 1.29 is 19.4 Å². The normalized spacial score (nSPS) is 14.1. The van der Waals surface area contributed by atoms with Gasteiger partial charge in [-0.25, -0.2) is 0 Å². The van der Waals surface area contributed by atoms with E-state index in [9.17, 15) is 9.90 Å². The average Bonchev–Trinajstić information content (AvgIpc) is 2.88. The van der Waals surface area contributed by atoms with Crippen molar-refractivity contribution in [2.45, 2.75) is 32.4 Å².